The first-order valence-corrected chi connectivity index (χ1v) is 6.94. The molecule has 1 saturated heterocycles. The highest BCUT2D eigenvalue weighted by atomic mass is 16.3. The molecule has 1 N–H and O–H groups in total. The lowest BCUT2D eigenvalue weighted by Crippen LogP contribution is -2.53. The highest BCUT2D eigenvalue weighted by Crippen LogP contribution is 2.47. The molecule has 3 heteroatoms. The van der Waals surface area contributed by atoms with E-state index in [1.165, 1.54) is 12.8 Å². The normalized spacial score (nSPS) is 29.2. The summed E-state index contributed by atoms with van der Waals surface area (Å²) < 4.78 is 0. The summed E-state index contributed by atoms with van der Waals surface area (Å²) in [4.78, 5) is 2.25. The van der Waals surface area contributed by atoms with Crippen molar-refractivity contribution in [2.24, 2.45) is 5.41 Å². The molecule has 1 saturated carbocycles. The summed E-state index contributed by atoms with van der Waals surface area (Å²) in [6.45, 7) is 1.83. The molecule has 2 aliphatic rings. The van der Waals surface area contributed by atoms with E-state index in [9.17, 15) is 10.4 Å². The minimum absolute atomic E-state index is 0.467. The third kappa shape index (κ3) is 2.34. The Balaban J connectivity index is 2.18. The molecule has 3 nitrogen and oxygen atoms in total. The lowest BCUT2D eigenvalue weighted by molar-refractivity contribution is -0.0998. The van der Waals surface area contributed by atoms with Crippen LogP contribution in [0.5, 0.6) is 0 Å². The summed E-state index contributed by atoms with van der Waals surface area (Å²) in [6.07, 6.45) is 7.96. The molecule has 0 bridgehead atoms. The van der Waals surface area contributed by atoms with Crippen LogP contribution in [0.1, 0.15) is 51.4 Å². The van der Waals surface area contributed by atoms with Crippen LogP contribution in [0.3, 0.4) is 0 Å². The fourth-order valence-electron chi connectivity index (χ4n) is 3.48. The van der Waals surface area contributed by atoms with Crippen molar-refractivity contribution in [1.82, 2.24) is 4.90 Å². The first-order valence-electron chi connectivity index (χ1n) is 6.94. The zero-order valence-corrected chi connectivity index (χ0v) is 10.9. The number of nitriles is 1. The van der Waals surface area contributed by atoms with Gasteiger partial charge in [0.05, 0.1) is 17.1 Å². The van der Waals surface area contributed by atoms with Crippen LogP contribution in [0.15, 0.2) is 0 Å². The number of hydrogen-bond acceptors (Lipinski definition) is 3. The van der Waals surface area contributed by atoms with Crippen LogP contribution in [-0.2, 0) is 0 Å². The van der Waals surface area contributed by atoms with Gasteiger partial charge in [-0.3, -0.25) is 0 Å². The van der Waals surface area contributed by atoms with Crippen molar-refractivity contribution in [3.63, 3.8) is 0 Å². The van der Waals surface area contributed by atoms with E-state index in [1.807, 2.05) is 0 Å². The molecule has 96 valence electrons. The van der Waals surface area contributed by atoms with E-state index in [2.05, 4.69) is 18.0 Å². The standard InChI is InChI=1S/C14H24N2O/c1-16-10-8-14(17,9-11-16)13(12-15)6-4-2-3-5-7-13/h17H,2-11H2,1H3. The van der Waals surface area contributed by atoms with Gasteiger partial charge in [-0.15, -0.1) is 0 Å². The molecule has 0 aromatic rings. The Labute approximate surface area is 104 Å². The molecule has 0 radical (unpaired) electrons. The van der Waals surface area contributed by atoms with E-state index in [0.717, 1.165) is 51.6 Å². The number of likely N-dealkylation sites (tertiary alicyclic amines) is 1. The highest BCUT2D eigenvalue weighted by Gasteiger charge is 2.51. The van der Waals surface area contributed by atoms with Gasteiger partial charge in [-0.25, -0.2) is 0 Å². The molecule has 2 fully saturated rings. The predicted octanol–water partition coefficient (Wildman–Crippen LogP) is 2.31. The van der Waals surface area contributed by atoms with E-state index in [0.29, 0.717) is 0 Å². The number of rotatable bonds is 1. The largest absolute Gasteiger partial charge is 0.388 e. The maximum Gasteiger partial charge on any atom is 0.0861 e. The van der Waals surface area contributed by atoms with Crippen molar-refractivity contribution in [3.05, 3.63) is 0 Å². The van der Waals surface area contributed by atoms with E-state index in [1.54, 1.807) is 0 Å². The Hall–Kier alpha value is -0.590. The van der Waals surface area contributed by atoms with Crippen LogP contribution in [0.25, 0.3) is 0 Å². The lowest BCUT2D eigenvalue weighted by atomic mass is 9.64. The van der Waals surface area contributed by atoms with Gasteiger partial charge in [0.25, 0.3) is 0 Å². The van der Waals surface area contributed by atoms with Crippen molar-refractivity contribution >= 4 is 0 Å². The lowest BCUT2D eigenvalue weighted by Gasteiger charge is -2.46. The number of piperidine rings is 1. The third-order valence-electron chi connectivity index (χ3n) is 4.88. The molecular formula is C14H24N2O. The first-order chi connectivity index (χ1) is 8.12. The Kier molecular flexibility index (Phi) is 3.75. The molecule has 0 aromatic carbocycles. The SMILES string of the molecule is CN1CCC(O)(C2(C#N)CCCCCC2)CC1. The monoisotopic (exact) mass is 236 g/mol. The Morgan fingerprint density at radius 1 is 1.00 bits per heavy atom. The summed E-state index contributed by atoms with van der Waals surface area (Å²) in [7, 11) is 2.09. The molecule has 1 aliphatic carbocycles. The molecular weight excluding hydrogens is 212 g/mol. The molecule has 1 aliphatic heterocycles. The predicted molar refractivity (Wildman–Crippen MR) is 67.4 cm³/mol. The maximum absolute atomic E-state index is 10.9. The summed E-state index contributed by atoms with van der Waals surface area (Å²) in [5.74, 6) is 0. The molecule has 0 atom stereocenters. The van der Waals surface area contributed by atoms with Crippen LogP contribution in [0, 0.1) is 16.7 Å². The summed E-state index contributed by atoms with van der Waals surface area (Å²) in [6, 6.07) is 2.51. The zero-order valence-electron chi connectivity index (χ0n) is 10.9. The highest BCUT2D eigenvalue weighted by molar-refractivity contribution is 5.13. The van der Waals surface area contributed by atoms with Gasteiger partial charge in [0.1, 0.15) is 0 Å². The summed E-state index contributed by atoms with van der Waals surface area (Å²) in [5.41, 5.74) is -1.20. The van der Waals surface area contributed by atoms with E-state index < -0.39 is 11.0 Å². The van der Waals surface area contributed by atoms with Crippen LogP contribution in [-0.4, -0.2) is 35.7 Å². The molecule has 0 spiro atoms. The van der Waals surface area contributed by atoms with E-state index >= 15 is 0 Å². The summed E-state index contributed by atoms with van der Waals surface area (Å²) in [5, 5.41) is 20.6. The van der Waals surface area contributed by atoms with E-state index in [-0.39, 0.29) is 0 Å². The second-order valence-electron chi connectivity index (χ2n) is 5.94. The van der Waals surface area contributed by atoms with Gasteiger partial charge >= 0.3 is 0 Å². The first kappa shape index (κ1) is 12.9. The quantitative estimate of drug-likeness (QED) is 0.711. The smallest absolute Gasteiger partial charge is 0.0861 e. The minimum Gasteiger partial charge on any atom is -0.388 e. The maximum atomic E-state index is 10.9. The number of hydrogen-bond donors (Lipinski definition) is 1. The topological polar surface area (TPSA) is 47.3 Å². The molecule has 1 heterocycles. The Morgan fingerprint density at radius 2 is 1.53 bits per heavy atom. The minimum atomic E-state index is -0.737. The fourth-order valence-corrected chi connectivity index (χ4v) is 3.48. The van der Waals surface area contributed by atoms with Gasteiger partial charge in [0.15, 0.2) is 0 Å². The average molecular weight is 236 g/mol. The summed E-state index contributed by atoms with van der Waals surface area (Å²) >= 11 is 0. The van der Waals surface area contributed by atoms with Crippen molar-refractivity contribution in [2.45, 2.75) is 57.0 Å². The van der Waals surface area contributed by atoms with Crippen molar-refractivity contribution in [2.75, 3.05) is 20.1 Å². The van der Waals surface area contributed by atoms with Gasteiger partial charge in [0.2, 0.25) is 0 Å². The van der Waals surface area contributed by atoms with Crippen LogP contribution >= 0.6 is 0 Å². The second-order valence-corrected chi connectivity index (χ2v) is 5.94. The molecule has 17 heavy (non-hydrogen) atoms. The van der Waals surface area contributed by atoms with Gasteiger partial charge in [-0.05, 0) is 32.7 Å². The van der Waals surface area contributed by atoms with Crippen LogP contribution < -0.4 is 0 Å². The van der Waals surface area contributed by atoms with Gasteiger partial charge in [0, 0.05) is 13.1 Å². The second kappa shape index (κ2) is 4.96. The van der Waals surface area contributed by atoms with Crippen LogP contribution in [0.2, 0.25) is 0 Å². The molecule has 0 aromatic heterocycles. The van der Waals surface area contributed by atoms with Gasteiger partial charge in [-0.1, -0.05) is 25.7 Å². The molecule has 2 rings (SSSR count). The Morgan fingerprint density at radius 3 is 2.00 bits per heavy atom. The van der Waals surface area contributed by atoms with Gasteiger partial charge < -0.3 is 10.0 Å². The number of aliphatic hydroxyl groups is 1. The average Bonchev–Trinajstić information content (AvgIpc) is 2.59. The zero-order chi connectivity index (χ0) is 12.4. The van der Waals surface area contributed by atoms with Crippen molar-refractivity contribution in [3.8, 4) is 6.07 Å². The third-order valence-corrected chi connectivity index (χ3v) is 4.88. The van der Waals surface area contributed by atoms with Crippen molar-refractivity contribution < 1.29 is 5.11 Å². The van der Waals surface area contributed by atoms with Gasteiger partial charge in [-0.2, -0.15) is 5.26 Å². The van der Waals surface area contributed by atoms with E-state index in [4.69, 9.17) is 0 Å². The molecule has 0 amide bonds. The van der Waals surface area contributed by atoms with Crippen molar-refractivity contribution in [1.29, 1.82) is 5.26 Å². The number of nitrogens with zero attached hydrogens (tertiary/aromatic N) is 2. The fraction of sp³-hybridized carbons (Fsp3) is 0.929. The molecule has 0 unspecified atom stereocenters. The van der Waals surface area contributed by atoms with Crippen LogP contribution in [0.4, 0.5) is 0 Å². The Bertz CT molecular complexity index is 292.